The molecule has 2 aromatic heterocycles. The summed E-state index contributed by atoms with van der Waals surface area (Å²) in [5.74, 6) is -0.220. The molecule has 1 aliphatic rings. The molecule has 0 aliphatic carbocycles. The average molecular weight is 410 g/mol. The van der Waals surface area contributed by atoms with E-state index in [1.807, 2.05) is 16.8 Å². The van der Waals surface area contributed by atoms with E-state index in [1.54, 1.807) is 18.2 Å². The van der Waals surface area contributed by atoms with E-state index in [-0.39, 0.29) is 18.2 Å². The molecule has 30 heavy (non-hydrogen) atoms. The van der Waals surface area contributed by atoms with Crippen LogP contribution in [-0.2, 0) is 4.79 Å². The molecule has 3 heterocycles. The maximum absolute atomic E-state index is 10.6. The van der Waals surface area contributed by atoms with Gasteiger partial charge in [0.1, 0.15) is 5.75 Å². The van der Waals surface area contributed by atoms with Crippen molar-refractivity contribution in [2.45, 2.75) is 38.1 Å². The number of benzene rings is 1. The summed E-state index contributed by atoms with van der Waals surface area (Å²) in [6.45, 7) is 2.79. The highest BCUT2D eigenvalue weighted by atomic mass is 16.4. The van der Waals surface area contributed by atoms with E-state index < -0.39 is 5.97 Å². The Balaban J connectivity index is 1.49. The first-order valence-electron chi connectivity index (χ1n) is 10.3. The molecule has 0 bridgehead atoms. The second-order valence-electron chi connectivity index (χ2n) is 7.73. The zero-order valence-corrected chi connectivity index (χ0v) is 16.7. The molecular formula is C21H26N6O3. The van der Waals surface area contributed by atoms with Gasteiger partial charge >= 0.3 is 5.97 Å². The van der Waals surface area contributed by atoms with Gasteiger partial charge in [0.05, 0.1) is 17.3 Å². The number of nitrogens with two attached hydrogens (primary N) is 1. The first-order chi connectivity index (χ1) is 14.5. The third-order valence-corrected chi connectivity index (χ3v) is 5.68. The summed E-state index contributed by atoms with van der Waals surface area (Å²) in [4.78, 5) is 13.0. The number of aliphatic carboxylic acids is 1. The minimum atomic E-state index is -0.733. The third-order valence-electron chi connectivity index (χ3n) is 5.68. The van der Waals surface area contributed by atoms with Gasteiger partial charge in [0.15, 0.2) is 11.3 Å². The van der Waals surface area contributed by atoms with Crippen LogP contribution < -0.4 is 5.73 Å². The Bertz CT molecular complexity index is 1040. The van der Waals surface area contributed by atoms with Crippen LogP contribution in [0.5, 0.6) is 5.75 Å². The second-order valence-corrected chi connectivity index (χ2v) is 7.73. The van der Waals surface area contributed by atoms with E-state index in [9.17, 15) is 9.90 Å². The van der Waals surface area contributed by atoms with E-state index in [0.717, 1.165) is 44.4 Å². The number of para-hydroxylation sites is 1. The molecular weight excluding hydrogens is 384 g/mol. The molecule has 1 saturated heterocycles. The SMILES string of the molecule is Nc1nn(C2CCN(CCCCC(=O)O)CC2)c2cc(-c3ccccc3O)nnc12. The highest BCUT2D eigenvalue weighted by molar-refractivity contribution is 5.87. The zero-order valence-electron chi connectivity index (χ0n) is 16.7. The summed E-state index contributed by atoms with van der Waals surface area (Å²) in [7, 11) is 0. The van der Waals surface area contributed by atoms with E-state index in [1.165, 1.54) is 0 Å². The topological polar surface area (TPSA) is 130 Å². The standard InChI is InChI=1S/C21H26N6O3/c22-21-20-17(13-16(23-24-20)15-5-1-2-6-18(15)28)27(25-21)14-8-11-26(12-9-14)10-4-3-7-19(29)30/h1-2,5-6,13-14,28H,3-4,7-12H2,(H2,22,25)(H,29,30). The van der Waals surface area contributed by atoms with Gasteiger partial charge in [0.2, 0.25) is 0 Å². The first kappa shape index (κ1) is 20.1. The lowest BCUT2D eigenvalue weighted by Gasteiger charge is -2.32. The van der Waals surface area contributed by atoms with Crippen LogP contribution in [0.2, 0.25) is 0 Å². The van der Waals surface area contributed by atoms with Gasteiger partial charge in [-0.05, 0) is 50.4 Å². The number of carboxylic acid groups (broad SMARTS) is 1. The fourth-order valence-corrected chi connectivity index (χ4v) is 4.06. The van der Waals surface area contributed by atoms with E-state index in [0.29, 0.717) is 29.0 Å². The van der Waals surface area contributed by atoms with Crippen molar-refractivity contribution in [3.05, 3.63) is 30.3 Å². The monoisotopic (exact) mass is 410 g/mol. The number of phenols is 1. The molecule has 1 fully saturated rings. The molecule has 0 atom stereocenters. The van der Waals surface area contributed by atoms with Gasteiger partial charge in [-0.3, -0.25) is 9.48 Å². The number of aromatic nitrogens is 4. The summed E-state index contributed by atoms with van der Waals surface area (Å²) in [6.07, 6.45) is 3.71. The molecule has 4 rings (SSSR count). The molecule has 0 amide bonds. The number of anilines is 1. The van der Waals surface area contributed by atoms with Gasteiger partial charge in [-0.25, -0.2) is 0 Å². The van der Waals surface area contributed by atoms with E-state index in [2.05, 4.69) is 20.2 Å². The van der Waals surface area contributed by atoms with Crippen LogP contribution in [0.25, 0.3) is 22.3 Å². The van der Waals surface area contributed by atoms with Crippen molar-refractivity contribution in [2.75, 3.05) is 25.4 Å². The second kappa shape index (κ2) is 8.66. The predicted molar refractivity (Wildman–Crippen MR) is 113 cm³/mol. The number of hydrogen-bond acceptors (Lipinski definition) is 7. The Morgan fingerprint density at radius 2 is 1.93 bits per heavy atom. The van der Waals surface area contributed by atoms with Gasteiger partial charge in [0.25, 0.3) is 0 Å². The molecule has 158 valence electrons. The summed E-state index contributed by atoms with van der Waals surface area (Å²) in [6, 6.07) is 9.14. The van der Waals surface area contributed by atoms with Crippen molar-refractivity contribution in [2.24, 2.45) is 0 Å². The van der Waals surface area contributed by atoms with Crippen molar-refractivity contribution in [1.82, 2.24) is 24.9 Å². The van der Waals surface area contributed by atoms with Gasteiger partial charge < -0.3 is 20.8 Å². The highest BCUT2D eigenvalue weighted by Gasteiger charge is 2.24. The van der Waals surface area contributed by atoms with E-state index >= 15 is 0 Å². The van der Waals surface area contributed by atoms with Gasteiger partial charge in [-0.15, -0.1) is 10.2 Å². The number of rotatable bonds is 7. The van der Waals surface area contributed by atoms with Crippen molar-refractivity contribution < 1.29 is 15.0 Å². The Hall–Kier alpha value is -3.20. The minimum Gasteiger partial charge on any atom is -0.507 e. The van der Waals surface area contributed by atoms with Crippen LogP contribution in [0.3, 0.4) is 0 Å². The maximum Gasteiger partial charge on any atom is 0.303 e. The largest absolute Gasteiger partial charge is 0.507 e. The number of carbonyl (C=O) groups is 1. The first-order valence-corrected chi connectivity index (χ1v) is 10.3. The quantitative estimate of drug-likeness (QED) is 0.507. The van der Waals surface area contributed by atoms with Crippen LogP contribution in [0.4, 0.5) is 5.82 Å². The number of carboxylic acids is 1. The Labute approximate surface area is 174 Å². The lowest BCUT2D eigenvalue weighted by Crippen LogP contribution is -2.35. The fraction of sp³-hybridized carbons (Fsp3) is 0.429. The third kappa shape index (κ3) is 4.20. The molecule has 4 N–H and O–H groups in total. The predicted octanol–water partition coefficient (Wildman–Crippen LogP) is 2.67. The Morgan fingerprint density at radius 1 is 1.17 bits per heavy atom. The van der Waals surface area contributed by atoms with Crippen molar-refractivity contribution in [1.29, 1.82) is 0 Å². The number of phenolic OH excluding ortho intramolecular Hbond substituents is 1. The number of hydrogen-bond donors (Lipinski definition) is 3. The number of piperidine rings is 1. The molecule has 9 heteroatoms. The lowest BCUT2D eigenvalue weighted by atomic mass is 10.0. The Kier molecular flexibility index (Phi) is 5.80. The fourth-order valence-electron chi connectivity index (χ4n) is 4.06. The van der Waals surface area contributed by atoms with Crippen molar-refractivity contribution >= 4 is 22.8 Å². The average Bonchev–Trinajstić information content (AvgIpc) is 3.08. The summed E-state index contributed by atoms with van der Waals surface area (Å²) >= 11 is 0. The summed E-state index contributed by atoms with van der Waals surface area (Å²) in [5, 5.41) is 31.9. The molecule has 0 saturated carbocycles. The molecule has 9 nitrogen and oxygen atoms in total. The Morgan fingerprint density at radius 3 is 2.67 bits per heavy atom. The van der Waals surface area contributed by atoms with Crippen molar-refractivity contribution in [3.8, 4) is 17.0 Å². The highest BCUT2D eigenvalue weighted by Crippen LogP contribution is 2.32. The number of likely N-dealkylation sites (tertiary alicyclic amines) is 1. The molecule has 0 radical (unpaired) electrons. The number of unbranched alkanes of at least 4 members (excludes halogenated alkanes) is 1. The summed E-state index contributed by atoms with van der Waals surface area (Å²) < 4.78 is 1.95. The molecule has 3 aromatic rings. The zero-order chi connectivity index (χ0) is 21.1. The molecule has 1 aliphatic heterocycles. The molecule has 0 spiro atoms. The van der Waals surface area contributed by atoms with Crippen LogP contribution in [-0.4, -0.2) is 60.7 Å². The number of nitrogens with zero attached hydrogens (tertiary/aromatic N) is 5. The lowest BCUT2D eigenvalue weighted by molar-refractivity contribution is -0.137. The van der Waals surface area contributed by atoms with Crippen molar-refractivity contribution in [3.63, 3.8) is 0 Å². The summed E-state index contributed by atoms with van der Waals surface area (Å²) in [5.41, 5.74) is 8.69. The van der Waals surface area contributed by atoms with Crippen LogP contribution >= 0.6 is 0 Å². The van der Waals surface area contributed by atoms with Crippen LogP contribution in [0.1, 0.15) is 38.1 Å². The minimum absolute atomic E-state index is 0.154. The maximum atomic E-state index is 10.6. The van der Waals surface area contributed by atoms with Gasteiger partial charge in [0, 0.05) is 25.1 Å². The van der Waals surface area contributed by atoms with Gasteiger partial charge in [-0.1, -0.05) is 12.1 Å². The smallest absolute Gasteiger partial charge is 0.303 e. The van der Waals surface area contributed by atoms with E-state index in [4.69, 9.17) is 10.8 Å². The molecule has 0 unspecified atom stereocenters. The van der Waals surface area contributed by atoms with Gasteiger partial charge in [-0.2, -0.15) is 5.10 Å². The number of aromatic hydroxyl groups is 1. The molecule has 1 aromatic carbocycles. The van der Waals surface area contributed by atoms with Crippen LogP contribution in [0.15, 0.2) is 30.3 Å². The van der Waals surface area contributed by atoms with Crippen LogP contribution in [0, 0.1) is 0 Å². The number of nitrogen functional groups attached to an aromatic ring is 1. The normalized spacial score (nSPS) is 15.6. The number of fused-ring (bicyclic) bond motifs is 1.